The van der Waals surface area contributed by atoms with E-state index in [0.717, 1.165) is 29.4 Å². The smallest absolute Gasteiger partial charge is 0.255 e. The van der Waals surface area contributed by atoms with Crippen LogP contribution in [0.2, 0.25) is 0 Å². The number of carbonyl (C=O) groups excluding carboxylic acids is 1. The molecular formula is C21H28N2O2. The molecule has 134 valence electrons. The first-order valence-electron chi connectivity index (χ1n) is 9.13. The molecule has 0 spiro atoms. The van der Waals surface area contributed by atoms with Gasteiger partial charge in [0.1, 0.15) is 0 Å². The fourth-order valence-electron chi connectivity index (χ4n) is 3.80. The van der Waals surface area contributed by atoms with Crippen molar-refractivity contribution < 1.29 is 9.53 Å². The number of nitrogens with zero attached hydrogens (tertiary/aromatic N) is 2. The normalized spacial score (nSPS) is 19.8. The number of amides is 1. The summed E-state index contributed by atoms with van der Waals surface area (Å²) in [6, 6.07) is 8.38. The van der Waals surface area contributed by atoms with Crippen molar-refractivity contribution in [3.8, 4) is 0 Å². The zero-order valence-electron chi connectivity index (χ0n) is 15.9. The molecule has 1 aliphatic rings. The Morgan fingerprint density at radius 1 is 1.32 bits per heavy atom. The molecule has 0 saturated carbocycles. The van der Waals surface area contributed by atoms with Crippen LogP contribution in [0.4, 0.5) is 0 Å². The summed E-state index contributed by atoms with van der Waals surface area (Å²) < 4.78 is 5.82. The van der Waals surface area contributed by atoms with Crippen LogP contribution in [0.5, 0.6) is 0 Å². The topological polar surface area (TPSA) is 42.4 Å². The molecule has 0 radical (unpaired) electrons. The Labute approximate surface area is 150 Å². The standard InChI is InChI=1S/C21H28N2O2/c1-6-23(17-9-10-25-21(4,5)13-17)20(24)18-12-16-11-14(2)7-8-19(16)22-15(18)3/h7-8,11-12,17H,6,9-10,13H2,1-5H3/t17-/m1/s1. The summed E-state index contributed by atoms with van der Waals surface area (Å²) in [5, 5.41) is 1.03. The Balaban J connectivity index is 1.95. The summed E-state index contributed by atoms with van der Waals surface area (Å²) in [5.41, 5.74) is 3.45. The molecule has 4 heteroatoms. The molecule has 1 aliphatic heterocycles. The van der Waals surface area contributed by atoms with Crippen LogP contribution in [-0.2, 0) is 4.74 Å². The zero-order valence-corrected chi connectivity index (χ0v) is 15.9. The number of hydrogen-bond donors (Lipinski definition) is 0. The van der Waals surface area contributed by atoms with Gasteiger partial charge in [-0.1, -0.05) is 11.6 Å². The maximum absolute atomic E-state index is 13.3. The van der Waals surface area contributed by atoms with Gasteiger partial charge in [-0.3, -0.25) is 9.78 Å². The molecular weight excluding hydrogens is 312 g/mol. The molecule has 2 aromatic rings. The molecule has 1 aromatic carbocycles. The van der Waals surface area contributed by atoms with Crippen molar-refractivity contribution in [1.82, 2.24) is 9.88 Å². The summed E-state index contributed by atoms with van der Waals surface area (Å²) in [6.07, 6.45) is 1.76. The summed E-state index contributed by atoms with van der Waals surface area (Å²) in [5.74, 6) is 0.0820. The molecule has 0 unspecified atom stereocenters. The molecule has 2 heterocycles. The van der Waals surface area contributed by atoms with Crippen molar-refractivity contribution >= 4 is 16.8 Å². The van der Waals surface area contributed by atoms with Gasteiger partial charge in [0.2, 0.25) is 0 Å². The molecule has 1 aromatic heterocycles. The average molecular weight is 340 g/mol. The van der Waals surface area contributed by atoms with Gasteiger partial charge >= 0.3 is 0 Å². The number of carbonyl (C=O) groups is 1. The third-order valence-corrected chi connectivity index (χ3v) is 5.10. The highest BCUT2D eigenvalue weighted by Crippen LogP contribution is 2.29. The third kappa shape index (κ3) is 3.69. The lowest BCUT2D eigenvalue weighted by molar-refractivity contribution is -0.0777. The van der Waals surface area contributed by atoms with Crippen LogP contribution in [0.1, 0.15) is 55.2 Å². The molecule has 0 aliphatic carbocycles. The zero-order chi connectivity index (χ0) is 18.2. The molecule has 1 fully saturated rings. The minimum atomic E-state index is -0.176. The second kappa shape index (κ2) is 6.75. The van der Waals surface area contributed by atoms with Gasteiger partial charge in [-0.05, 0) is 65.7 Å². The number of aryl methyl sites for hydroxylation is 2. The minimum Gasteiger partial charge on any atom is -0.375 e. The second-order valence-corrected chi connectivity index (χ2v) is 7.66. The van der Waals surface area contributed by atoms with Crippen molar-refractivity contribution in [3.05, 3.63) is 41.1 Å². The third-order valence-electron chi connectivity index (χ3n) is 5.10. The monoisotopic (exact) mass is 340 g/mol. The van der Waals surface area contributed by atoms with Crippen LogP contribution in [0.3, 0.4) is 0 Å². The van der Waals surface area contributed by atoms with E-state index in [9.17, 15) is 4.79 Å². The largest absolute Gasteiger partial charge is 0.375 e. The fourth-order valence-corrected chi connectivity index (χ4v) is 3.80. The number of aromatic nitrogens is 1. The average Bonchev–Trinajstić information content (AvgIpc) is 2.54. The lowest BCUT2D eigenvalue weighted by Crippen LogP contribution is -2.48. The van der Waals surface area contributed by atoms with Gasteiger partial charge in [0.15, 0.2) is 0 Å². The number of rotatable bonds is 3. The van der Waals surface area contributed by atoms with Crippen LogP contribution in [0, 0.1) is 13.8 Å². The molecule has 0 bridgehead atoms. The Morgan fingerprint density at radius 2 is 2.08 bits per heavy atom. The molecule has 25 heavy (non-hydrogen) atoms. The van der Waals surface area contributed by atoms with Crippen molar-refractivity contribution in [3.63, 3.8) is 0 Å². The van der Waals surface area contributed by atoms with E-state index in [1.54, 1.807) is 0 Å². The first kappa shape index (κ1) is 17.9. The first-order valence-corrected chi connectivity index (χ1v) is 9.13. The van der Waals surface area contributed by atoms with E-state index in [2.05, 4.69) is 37.9 Å². The molecule has 4 nitrogen and oxygen atoms in total. The predicted octanol–water partition coefficient (Wildman–Crippen LogP) is 4.27. The Kier molecular flexibility index (Phi) is 4.83. The van der Waals surface area contributed by atoms with E-state index < -0.39 is 0 Å². The van der Waals surface area contributed by atoms with Gasteiger partial charge in [-0.15, -0.1) is 0 Å². The van der Waals surface area contributed by atoms with Gasteiger partial charge in [0.25, 0.3) is 5.91 Å². The molecule has 0 N–H and O–H groups in total. The van der Waals surface area contributed by atoms with E-state index in [0.29, 0.717) is 18.7 Å². The summed E-state index contributed by atoms with van der Waals surface area (Å²) in [4.78, 5) is 19.9. The first-order chi connectivity index (χ1) is 11.8. The molecule has 1 saturated heterocycles. The van der Waals surface area contributed by atoms with E-state index in [4.69, 9.17) is 4.74 Å². The SMILES string of the molecule is CCN(C(=O)c1cc2cc(C)ccc2nc1C)[C@@H]1CCOC(C)(C)C1. The quantitative estimate of drug-likeness (QED) is 0.838. The molecule has 1 atom stereocenters. The van der Waals surface area contributed by atoms with Crippen molar-refractivity contribution in [1.29, 1.82) is 0 Å². The Bertz CT molecular complexity index is 798. The van der Waals surface area contributed by atoms with Crippen molar-refractivity contribution in [2.75, 3.05) is 13.2 Å². The fraction of sp³-hybridized carbons (Fsp3) is 0.524. The summed E-state index contributed by atoms with van der Waals surface area (Å²) >= 11 is 0. The number of benzene rings is 1. The van der Waals surface area contributed by atoms with Gasteiger partial charge in [-0.2, -0.15) is 0 Å². The maximum atomic E-state index is 13.3. The van der Waals surface area contributed by atoms with Gasteiger partial charge < -0.3 is 9.64 Å². The molecule has 3 rings (SSSR count). The number of pyridine rings is 1. The van der Waals surface area contributed by atoms with Crippen LogP contribution in [0.15, 0.2) is 24.3 Å². The predicted molar refractivity (Wildman–Crippen MR) is 101 cm³/mol. The minimum absolute atomic E-state index is 0.0820. The molecule has 1 amide bonds. The van der Waals surface area contributed by atoms with E-state index in [1.807, 2.05) is 30.9 Å². The van der Waals surface area contributed by atoms with Crippen LogP contribution in [-0.4, -0.2) is 40.6 Å². The van der Waals surface area contributed by atoms with E-state index >= 15 is 0 Å². The van der Waals surface area contributed by atoms with Gasteiger partial charge in [0.05, 0.1) is 22.4 Å². The highest BCUT2D eigenvalue weighted by atomic mass is 16.5. The Hall–Kier alpha value is -1.94. The van der Waals surface area contributed by atoms with Crippen LogP contribution in [0.25, 0.3) is 10.9 Å². The second-order valence-electron chi connectivity index (χ2n) is 7.66. The lowest BCUT2D eigenvalue weighted by atomic mass is 9.92. The van der Waals surface area contributed by atoms with E-state index in [-0.39, 0.29) is 17.6 Å². The van der Waals surface area contributed by atoms with Crippen molar-refractivity contribution in [2.45, 2.75) is 59.1 Å². The van der Waals surface area contributed by atoms with Crippen LogP contribution < -0.4 is 0 Å². The highest BCUT2D eigenvalue weighted by Gasteiger charge is 2.34. The van der Waals surface area contributed by atoms with Gasteiger partial charge in [0, 0.05) is 24.6 Å². The lowest BCUT2D eigenvalue weighted by Gasteiger charge is -2.41. The van der Waals surface area contributed by atoms with Crippen LogP contribution >= 0.6 is 0 Å². The number of ether oxygens (including phenoxy) is 1. The maximum Gasteiger partial charge on any atom is 0.255 e. The van der Waals surface area contributed by atoms with Gasteiger partial charge in [-0.25, -0.2) is 0 Å². The summed E-state index contributed by atoms with van der Waals surface area (Å²) in [6.45, 7) is 11.6. The Morgan fingerprint density at radius 3 is 2.76 bits per heavy atom. The summed E-state index contributed by atoms with van der Waals surface area (Å²) in [7, 11) is 0. The van der Waals surface area contributed by atoms with Crippen molar-refractivity contribution in [2.24, 2.45) is 0 Å². The highest BCUT2D eigenvalue weighted by molar-refractivity contribution is 5.98. The number of fused-ring (bicyclic) bond motifs is 1. The van der Waals surface area contributed by atoms with E-state index in [1.165, 1.54) is 5.56 Å². The number of hydrogen-bond acceptors (Lipinski definition) is 3.